The summed E-state index contributed by atoms with van der Waals surface area (Å²) in [4.78, 5) is 34.1. The van der Waals surface area contributed by atoms with Crippen LogP contribution in [0.4, 0.5) is 5.69 Å². The predicted molar refractivity (Wildman–Crippen MR) is 89.8 cm³/mol. The maximum Gasteiger partial charge on any atom is 0.320 e. The zero-order valence-corrected chi connectivity index (χ0v) is 13.9. The molecule has 0 aliphatic rings. The van der Waals surface area contributed by atoms with E-state index in [2.05, 4.69) is 10.6 Å². The molecule has 7 nitrogen and oxygen atoms in total. The molecule has 5 N–H and O–H groups in total. The molecule has 1 aromatic rings. The minimum atomic E-state index is -0.979. The van der Waals surface area contributed by atoms with Crippen molar-refractivity contribution in [3.63, 3.8) is 0 Å². The van der Waals surface area contributed by atoms with Gasteiger partial charge in [0.05, 0.1) is 6.04 Å². The number of amides is 2. The van der Waals surface area contributed by atoms with Gasteiger partial charge in [-0.2, -0.15) is 0 Å². The topological polar surface area (TPSA) is 122 Å². The molecule has 0 heterocycles. The van der Waals surface area contributed by atoms with Gasteiger partial charge in [-0.25, -0.2) is 0 Å². The molecular weight excluding hydrogens is 322 g/mol. The Labute approximate surface area is 141 Å². The van der Waals surface area contributed by atoms with E-state index in [9.17, 15) is 14.4 Å². The monoisotopic (exact) mass is 343 g/mol. The highest BCUT2D eigenvalue weighted by molar-refractivity contribution is 5.96. The Morgan fingerprint density at radius 2 is 1.78 bits per heavy atom. The number of anilines is 1. The summed E-state index contributed by atoms with van der Waals surface area (Å²) in [6, 6.07) is 4.71. The Kier molecular flexibility index (Phi) is 8.90. The molecule has 1 aromatic carbocycles. The number of nitrogens with two attached hydrogens (primary N) is 1. The number of benzene rings is 1. The Morgan fingerprint density at radius 1 is 1.22 bits per heavy atom. The summed E-state index contributed by atoms with van der Waals surface area (Å²) in [5, 5.41) is 14.5. The fourth-order valence-corrected chi connectivity index (χ4v) is 1.91. The van der Waals surface area contributed by atoms with Crippen molar-refractivity contribution in [2.75, 3.05) is 5.32 Å². The molecule has 8 heteroatoms. The van der Waals surface area contributed by atoms with Gasteiger partial charge in [-0.15, -0.1) is 12.4 Å². The molecule has 0 bridgehead atoms. The van der Waals surface area contributed by atoms with Gasteiger partial charge < -0.3 is 16.2 Å². The number of carboxylic acid groups (broad SMARTS) is 1. The average molecular weight is 344 g/mol. The molecule has 0 spiro atoms. The molecule has 0 saturated heterocycles. The van der Waals surface area contributed by atoms with Gasteiger partial charge in [-0.1, -0.05) is 13.3 Å². The van der Waals surface area contributed by atoms with Gasteiger partial charge in [0, 0.05) is 11.3 Å². The van der Waals surface area contributed by atoms with Crippen molar-refractivity contribution in [1.29, 1.82) is 0 Å². The van der Waals surface area contributed by atoms with Gasteiger partial charge in [0.25, 0.3) is 0 Å². The summed E-state index contributed by atoms with van der Waals surface area (Å²) in [5.74, 6) is -1.88. The number of halogens is 1. The number of nitrogens with one attached hydrogen (secondary N) is 2. The van der Waals surface area contributed by atoms with E-state index in [4.69, 9.17) is 10.8 Å². The van der Waals surface area contributed by atoms with Gasteiger partial charge in [-0.05, 0) is 37.6 Å². The second-order valence-corrected chi connectivity index (χ2v) is 5.00. The lowest BCUT2D eigenvalue weighted by atomic mass is 10.1. The minimum Gasteiger partial charge on any atom is -0.480 e. The Hall–Kier alpha value is -2.12. The minimum absolute atomic E-state index is 0. The molecule has 2 unspecified atom stereocenters. The van der Waals surface area contributed by atoms with Crippen molar-refractivity contribution < 1.29 is 19.5 Å². The van der Waals surface area contributed by atoms with Crippen molar-refractivity contribution >= 4 is 35.9 Å². The standard InChI is InChI=1S/C15H21N3O4.ClH/c1-3-4-12(15(21)22)17-9(2)14(20)18-11-7-5-10(6-8-11)13(16)19;/h5-9,12,17H,3-4H2,1-2H3,(H2,16,19)(H,18,20)(H,21,22);1H. The fraction of sp³-hybridized carbons (Fsp3) is 0.400. The SMILES string of the molecule is CCCC(NC(C)C(=O)Nc1ccc(C(N)=O)cc1)C(=O)O.Cl. The second-order valence-electron chi connectivity index (χ2n) is 5.00. The Balaban J connectivity index is 0.00000484. The average Bonchev–Trinajstić information content (AvgIpc) is 2.47. The molecule has 0 aromatic heterocycles. The van der Waals surface area contributed by atoms with E-state index in [1.165, 1.54) is 12.1 Å². The first kappa shape index (κ1) is 20.9. The molecule has 0 saturated carbocycles. The van der Waals surface area contributed by atoms with Crippen molar-refractivity contribution in [1.82, 2.24) is 5.32 Å². The Bertz CT molecular complexity index is 548. The number of carboxylic acids is 1. The summed E-state index contributed by atoms with van der Waals surface area (Å²) in [7, 11) is 0. The highest BCUT2D eigenvalue weighted by Crippen LogP contribution is 2.10. The summed E-state index contributed by atoms with van der Waals surface area (Å²) in [6.07, 6.45) is 1.15. The number of carbonyl (C=O) groups excluding carboxylic acids is 2. The molecule has 1 rings (SSSR count). The molecule has 0 fully saturated rings. The van der Waals surface area contributed by atoms with Crippen molar-refractivity contribution in [3.8, 4) is 0 Å². The van der Waals surface area contributed by atoms with E-state index >= 15 is 0 Å². The van der Waals surface area contributed by atoms with E-state index in [0.717, 1.165) is 0 Å². The molecule has 23 heavy (non-hydrogen) atoms. The lowest BCUT2D eigenvalue weighted by molar-refractivity contribution is -0.140. The number of carbonyl (C=O) groups is 3. The van der Waals surface area contributed by atoms with Gasteiger partial charge in [0.1, 0.15) is 6.04 Å². The molecule has 0 aliphatic carbocycles. The summed E-state index contributed by atoms with van der Waals surface area (Å²) < 4.78 is 0. The fourth-order valence-electron chi connectivity index (χ4n) is 1.91. The molecular formula is C15H22ClN3O4. The maximum atomic E-state index is 12.0. The number of rotatable bonds is 8. The molecule has 0 radical (unpaired) electrons. The normalized spacial score (nSPS) is 12.6. The predicted octanol–water partition coefficient (Wildman–Crippen LogP) is 1.38. The van der Waals surface area contributed by atoms with Crippen LogP contribution in [0.2, 0.25) is 0 Å². The van der Waals surface area contributed by atoms with E-state index < -0.39 is 24.0 Å². The number of primary amides is 1. The van der Waals surface area contributed by atoms with Crippen molar-refractivity contribution in [2.24, 2.45) is 5.73 Å². The van der Waals surface area contributed by atoms with Gasteiger partial charge >= 0.3 is 5.97 Å². The highest BCUT2D eigenvalue weighted by Gasteiger charge is 2.22. The van der Waals surface area contributed by atoms with Crippen molar-refractivity contribution in [3.05, 3.63) is 29.8 Å². The van der Waals surface area contributed by atoms with Gasteiger partial charge in [0.2, 0.25) is 11.8 Å². The Morgan fingerprint density at radius 3 is 2.22 bits per heavy atom. The van der Waals surface area contributed by atoms with Crippen LogP contribution < -0.4 is 16.4 Å². The van der Waals surface area contributed by atoms with Gasteiger partial charge in [0.15, 0.2) is 0 Å². The molecule has 0 aliphatic heterocycles. The van der Waals surface area contributed by atoms with Crippen LogP contribution in [0.15, 0.2) is 24.3 Å². The first-order chi connectivity index (χ1) is 10.3. The summed E-state index contributed by atoms with van der Waals surface area (Å²) >= 11 is 0. The van der Waals surface area contributed by atoms with E-state index in [0.29, 0.717) is 24.1 Å². The van der Waals surface area contributed by atoms with Crippen LogP contribution in [-0.2, 0) is 9.59 Å². The highest BCUT2D eigenvalue weighted by atomic mass is 35.5. The molecule has 128 valence electrons. The second kappa shape index (κ2) is 9.81. The first-order valence-corrected chi connectivity index (χ1v) is 7.04. The van der Waals surface area contributed by atoms with Crippen LogP contribution in [0.1, 0.15) is 37.0 Å². The third kappa shape index (κ3) is 6.66. The van der Waals surface area contributed by atoms with E-state index in [1.54, 1.807) is 19.1 Å². The third-order valence-corrected chi connectivity index (χ3v) is 3.16. The first-order valence-electron chi connectivity index (χ1n) is 7.04. The summed E-state index contributed by atoms with van der Waals surface area (Å²) in [5.41, 5.74) is 5.98. The summed E-state index contributed by atoms with van der Waals surface area (Å²) in [6.45, 7) is 3.47. The quantitative estimate of drug-likeness (QED) is 0.568. The van der Waals surface area contributed by atoms with Crippen LogP contribution in [0.5, 0.6) is 0 Å². The zero-order chi connectivity index (χ0) is 16.7. The number of aliphatic carboxylic acids is 1. The van der Waals surface area contributed by atoms with Crippen LogP contribution in [0.25, 0.3) is 0 Å². The lowest BCUT2D eigenvalue weighted by Gasteiger charge is -2.19. The largest absolute Gasteiger partial charge is 0.480 e. The zero-order valence-electron chi connectivity index (χ0n) is 13.0. The maximum absolute atomic E-state index is 12.0. The molecule has 2 amide bonds. The van der Waals surface area contributed by atoms with Crippen LogP contribution in [0, 0.1) is 0 Å². The van der Waals surface area contributed by atoms with Gasteiger partial charge in [-0.3, -0.25) is 19.7 Å². The van der Waals surface area contributed by atoms with Crippen LogP contribution >= 0.6 is 12.4 Å². The number of hydrogen-bond donors (Lipinski definition) is 4. The van der Waals surface area contributed by atoms with E-state index in [-0.39, 0.29) is 18.3 Å². The van der Waals surface area contributed by atoms with Crippen LogP contribution in [0.3, 0.4) is 0 Å². The van der Waals surface area contributed by atoms with E-state index in [1.807, 2.05) is 6.92 Å². The smallest absolute Gasteiger partial charge is 0.320 e. The number of hydrogen-bond acceptors (Lipinski definition) is 4. The third-order valence-electron chi connectivity index (χ3n) is 3.16. The van der Waals surface area contributed by atoms with Crippen molar-refractivity contribution in [2.45, 2.75) is 38.8 Å². The van der Waals surface area contributed by atoms with Crippen LogP contribution in [-0.4, -0.2) is 35.0 Å². The lowest BCUT2D eigenvalue weighted by Crippen LogP contribution is -2.47. The molecule has 2 atom stereocenters.